The monoisotopic (exact) mass is 359 g/mol. The Balaban J connectivity index is 1.80. The zero-order valence-electron chi connectivity index (χ0n) is 13.9. The number of hydrogen-bond donors (Lipinski definition) is 3. The van der Waals surface area contributed by atoms with Crippen LogP contribution in [0, 0.1) is 0 Å². The molecule has 0 unspecified atom stereocenters. The van der Waals surface area contributed by atoms with Crippen LogP contribution in [0.1, 0.15) is 20.9 Å². The van der Waals surface area contributed by atoms with E-state index in [2.05, 4.69) is 20.7 Å². The number of ether oxygens (including phenoxy) is 1. The summed E-state index contributed by atoms with van der Waals surface area (Å²) >= 11 is 0. The lowest BCUT2D eigenvalue weighted by Gasteiger charge is -2.08. The maximum atomic E-state index is 11.8. The Kier molecular flexibility index (Phi) is 6.49. The Bertz CT molecular complexity index is 783. The second-order valence-corrected chi connectivity index (χ2v) is 5.04. The molecule has 0 spiro atoms. The fourth-order valence-corrected chi connectivity index (χ4v) is 1.89. The first kappa shape index (κ1) is 18.7. The Labute approximate surface area is 148 Å². The molecule has 0 saturated heterocycles. The van der Waals surface area contributed by atoms with Gasteiger partial charge in [-0.1, -0.05) is 0 Å². The second-order valence-electron chi connectivity index (χ2n) is 5.04. The molecule has 0 atom stereocenters. The van der Waals surface area contributed by atoms with Crippen LogP contribution in [0.25, 0.3) is 0 Å². The van der Waals surface area contributed by atoms with Crippen molar-refractivity contribution in [3.63, 3.8) is 0 Å². The van der Waals surface area contributed by atoms with Crippen LogP contribution in [-0.2, 0) is 14.3 Å². The average Bonchev–Trinajstić information content (AvgIpc) is 3.19. The summed E-state index contributed by atoms with van der Waals surface area (Å²) in [7, 11) is 1.23. The van der Waals surface area contributed by atoms with Crippen molar-refractivity contribution in [1.29, 1.82) is 0 Å². The lowest BCUT2D eigenvalue weighted by Crippen LogP contribution is -2.32. The summed E-state index contributed by atoms with van der Waals surface area (Å²) in [6, 6.07) is 9.08. The number of hydrogen-bond acceptors (Lipinski definition) is 6. The van der Waals surface area contributed by atoms with Gasteiger partial charge in [-0.2, -0.15) is 0 Å². The number of amides is 3. The Morgan fingerprint density at radius 2 is 1.65 bits per heavy atom. The minimum absolute atomic E-state index is 0.111. The lowest BCUT2D eigenvalue weighted by molar-refractivity contribution is -0.139. The minimum atomic E-state index is -0.557. The first-order valence-corrected chi connectivity index (χ1v) is 7.56. The molecule has 0 aliphatic carbocycles. The fourth-order valence-electron chi connectivity index (χ4n) is 1.89. The number of methoxy groups -OCH3 is 1. The van der Waals surface area contributed by atoms with Crippen molar-refractivity contribution >= 4 is 29.4 Å². The van der Waals surface area contributed by atoms with Crippen molar-refractivity contribution in [1.82, 2.24) is 10.6 Å². The van der Waals surface area contributed by atoms with Crippen LogP contribution in [0.2, 0.25) is 0 Å². The molecular weight excluding hydrogens is 342 g/mol. The van der Waals surface area contributed by atoms with Crippen molar-refractivity contribution in [3.05, 3.63) is 54.0 Å². The summed E-state index contributed by atoms with van der Waals surface area (Å²) in [5, 5.41) is 7.39. The summed E-state index contributed by atoms with van der Waals surface area (Å²) in [6.07, 6.45) is 1.36. The molecule has 3 amide bonds. The van der Waals surface area contributed by atoms with Crippen molar-refractivity contribution in [2.45, 2.75) is 0 Å². The third kappa shape index (κ3) is 5.48. The van der Waals surface area contributed by atoms with E-state index >= 15 is 0 Å². The summed E-state index contributed by atoms with van der Waals surface area (Å²) in [4.78, 5) is 46.3. The number of carbonyl (C=O) groups excluding carboxylic acids is 4. The van der Waals surface area contributed by atoms with Crippen molar-refractivity contribution in [2.75, 3.05) is 25.5 Å². The zero-order chi connectivity index (χ0) is 18.9. The molecular formula is C17H17N3O6. The minimum Gasteiger partial charge on any atom is -0.468 e. The average molecular weight is 359 g/mol. The summed E-state index contributed by atoms with van der Waals surface area (Å²) in [5.74, 6) is -1.83. The molecule has 0 aliphatic rings. The van der Waals surface area contributed by atoms with Gasteiger partial charge in [-0.3, -0.25) is 19.2 Å². The maximum Gasteiger partial charge on any atom is 0.325 e. The van der Waals surface area contributed by atoms with E-state index in [1.165, 1.54) is 43.7 Å². The number of anilines is 1. The van der Waals surface area contributed by atoms with Gasteiger partial charge in [0.2, 0.25) is 5.91 Å². The Hall–Kier alpha value is -3.62. The normalized spacial score (nSPS) is 9.88. The van der Waals surface area contributed by atoms with Crippen LogP contribution in [-0.4, -0.2) is 43.9 Å². The molecule has 3 N–H and O–H groups in total. The number of esters is 1. The number of benzene rings is 1. The SMILES string of the molecule is COC(=O)CNC(=O)c1ccc(NC(=O)CNC(=O)c2ccco2)cc1. The molecule has 9 heteroatoms. The molecule has 9 nitrogen and oxygen atoms in total. The number of rotatable bonds is 7. The predicted molar refractivity (Wildman–Crippen MR) is 90.5 cm³/mol. The largest absolute Gasteiger partial charge is 0.468 e. The molecule has 0 bridgehead atoms. The molecule has 26 heavy (non-hydrogen) atoms. The highest BCUT2D eigenvalue weighted by atomic mass is 16.5. The Morgan fingerprint density at radius 3 is 2.27 bits per heavy atom. The summed E-state index contributed by atoms with van der Waals surface area (Å²) in [6.45, 7) is -0.468. The standard InChI is InChI=1S/C17H17N3O6/c1-25-15(22)10-19-16(23)11-4-6-12(7-5-11)20-14(21)9-18-17(24)13-3-2-8-26-13/h2-8H,9-10H2,1H3,(H,18,24)(H,19,23)(H,20,21). The van der Waals surface area contributed by atoms with Gasteiger partial charge in [-0.15, -0.1) is 0 Å². The van der Waals surface area contributed by atoms with Crippen molar-refractivity contribution < 1.29 is 28.3 Å². The van der Waals surface area contributed by atoms with E-state index < -0.39 is 23.7 Å². The third-order valence-corrected chi connectivity index (χ3v) is 3.21. The molecule has 0 radical (unpaired) electrons. The van der Waals surface area contributed by atoms with Gasteiger partial charge in [0.05, 0.1) is 19.9 Å². The topological polar surface area (TPSA) is 127 Å². The van der Waals surface area contributed by atoms with Crippen LogP contribution >= 0.6 is 0 Å². The van der Waals surface area contributed by atoms with Crippen molar-refractivity contribution in [3.8, 4) is 0 Å². The summed E-state index contributed by atoms with van der Waals surface area (Å²) < 4.78 is 9.34. The van der Waals surface area contributed by atoms with Crippen LogP contribution < -0.4 is 16.0 Å². The molecule has 0 saturated carbocycles. The molecule has 136 valence electrons. The van der Waals surface area contributed by atoms with Gasteiger partial charge >= 0.3 is 5.97 Å². The van der Waals surface area contributed by atoms with E-state index in [-0.39, 0.29) is 18.8 Å². The highest BCUT2D eigenvalue weighted by Gasteiger charge is 2.11. The van der Waals surface area contributed by atoms with Gasteiger partial charge in [0.1, 0.15) is 6.54 Å². The van der Waals surface area contributed by atoms with E-state index in [1.54, 1.807) is 6.07 Å². The van der Waals surface area contributed by atoms with E-state index in [1.807, 2.05) is 0 Å². The molecule has 2 rings (SSSR count). The molecule has 2 aromatic rings. The fraction of sp³-hybridized carbons (Fsp3) is 0.176. The number of nitrogens with one attached hydrogen (secondary N) is 3. The van der Waals surface area contributed by atoms with E-state index in [4.69, 9.17) is 4.42 Å². The smallest absolute Gasteiger partial charge is 0.325 e. The van der Waals surface area contributed by atoms with Gasteiger partial charge in [-0.05, 0) is 36.4 Å². The van der Waals surface area contributed by atoms with E-state index in [0.717, 1.165) is 0 Å². The van der Waals surface area contributed by atoms with Gasteiger partial charge in [-0.25, -0.2) is 0 Å². The van der Waals surface area contributed by atoms with Gasteiger partial charge < -0.3 is 25.1 Å². The van der Waals surface area contributed by atoms with Gasteiger partial charge in [0, 0.05) is 11.3 Å². The van der Waals surface area contributed by atoms with Crippen LogP contribution in [0.3, 0.4) is 0 Å². The number of furan rings is 1. The maximum absolute atomic E-state index is 11.8. The lowest BCUT2D eigenvalue weighted by atomic mass is 10.2. The molecule has 1 heterocycles. The Morgan fingerprint density at radius 1 is 0.962 bits per heavy atom. The summed E-state index contributed by atoms with van der Waals surface area (Å²) in [5.41, 5.74) is 0.768. The quantitative estimate of drug-likeness (QED) is 0.620. The highest BCUT2D eigenvalue weighted by molar-refractivity contribution is 5.99. The molecule has 1 aromatic carbocycles. The van der Waals surface area contributed by atoms with Crippen molar-refractivity contribution in [2.24, 2.45) is 0 Å². The number of carbonyl (C=O) groups is 4. The molecule has 0 aliphatic heterocycles. The zero-order valence-corrected chi connectivity index (χ0v) is 13.9. The molecule has 1 aromatic heterocycles. The van der Waals surface area contributed by atoms with Gasteiger partial charge in [0.15, 0.2) is 5.76 Å². The second kappa shape index (κ2) is 9.02. The van der Waals surface area contributed by atoms with Crippen LogP contribution in [0.5, 0.6) is 0 Å². The highest BCUT2D eigenvalue weighted by Crippen LogP contribution is 2.09. The third-order valence-electron chi connectivity index (χ3n) is 3.21. The molecule has 0 fully saturated rings. The van der Waals surface area contributed by atoms with Crippen LogP contribution in [0.4, 0.5) is 5.69 Å². The van der Waals surface area contributed by atoms with E-state index in [0.29, 0.717) is 11.3 Å². The van der Waals surface area contributed by atoms with Gasteiger partial charge in [0.25, 0.3) is 11.8 Å². The van der Waals surface area contributed by atoms with Crippen LogP contribution in [0.15, 0.2) is 47.1 Å². The first-order valence-electron chi connectivity index (χ1n) is 7.56. The predicted octanol–water partition coefficient (Wildman–Crippen LogP) is 0.551. The van der Waals surface area contributed by atoms with E-state index in [9.17, 15) is 19.2 Å². The first-order chi connectivity index (χ1) is 12.5.